The molecule has 156 valence electrons. The lowest BCUT2D eigenvalue weighted by atomic mass is 10.1. The summed E-state index contributed by atoms with van der Waals surface area (Å²) in [5.74, 6) is 0.273. The molecule has 0 saturated carbocycles. The fraction of sp³-hybridized carbons (Fsp3) is 0.348. The molecule has 0 spiro atoms. The van der Waals surface area contributed by atoms with Crippen LogP contribution in [0.3, 0.4) is 0 Å². The Morgan fingerprint density at radius 2 is 1.67 bits per heavy atom. The number of nitrogens with zero attached hydrogens (tertiary/aromatic N) is 2. The van der Waals surface area contributed by atoms with Crippen LogP contribution < -0.4 is 15.1 Å². The molecule has 0 aliphatic carbocycles. The summed E-state index contributed by atoms with van der Waals surface area (Å²) in [5, 5.41) is 2.70. The maximum atomic E-state index is 13.2. The number of aryl methyl sites for hydroxylation is 2. The van der Waals surface area contributed by atoms with Gasteiger partial charge < -0.3 is 9.32 Å². The maximum absolute atomic E-state index is 13.2. The predicted molar refractivity (Wildman–Crippen MR) is 122 cm³/mol. The van der Waals surface area contributed by atoms with E-state index in [0.29, 0.717) is 11.4 Å². The molecule has 30 heavy (non-hydrogen) atoms. The number of amides is 2. The molecule has 1 aromatic carbocycles. The molecule has 2 saturated heterocycles. The smallest absolute Gasteiger partial charge is 0.270 e. The molecule has 1 N–H and O–H groups in total. The Balaban J connectivity index is 1.63. The highest BCUT2D eigenvalue weighted by Gasteiger charge is 2.35. The summed E-state index contributed by atoms with van der Waals surface area (Å²) in [6, 6.07) is 9.45. The Hall–Kier alpha value is -2.93. The van der Waals surface area contributed by atoms with Crippen molar-refractivity contribution in [3.63, 3.8) is 0 Å². The topological polar surface area (TPSA) is 65.8 Å². The summed E-state index contributed by atoms with van der Waals surface area (Å²) in [6.45, 7) is 5.82. The third kappa shape index (κ3) is 4.16. The van der Waals surface area contributed by atoms with Gasteiger partial charge in [0.1, 0.15) is 11.3 Å². The van der Waals surface area contributed by atoms with Crippen molar-refractivity contribution in [1.82, 2.24) is 5.32 Å². The van der Waals surface area contributed by atoms with Crippen molar-refractivity contribution in [3.8, 4) is 0 Å². The molecule has 2 aromatic rings. The first kappa shape index (κ1) is 20.3. The molecule has 6 nitrogen and oxygen atoms in total. The lowest BCUT2D eigenvalue weighted by Gasteiger charge is -2.29. The number of hydrogen-bond acceptors (Lipinski definition) is 5. The molecule has 2 aliphatic rings. The lowest BCUT2D eigenvalue weighted by Crippen LogP contribution is -2.54. The molecule has 0 atom stereocenters. The number of benzene rings is 1. The predicted octanol–water partition coefficient (Wildman–Crippen LogP) is 4.11. The van der Waals surface area contributed by atoms with Gasteiger partial charge in [-0.25, -0.2) is 0 Å². The lowest BCUT2D eigenvalue weighted by molar-refractivity contribution is -0.122. The summed E-state index contributed by atoms with van der Waals surface area (Å²) < 4.78 is 5.95. The van der Waals surface area contributed by atoms with E-state index >= 15 is 0 Å². The van der Waals surface area contributed by atoms with Gasteiger partial charge in [-0.15, -0.1) is 0 Å². The Labute approximate surface area is 181 Å². The fourth-order valence-corrected chi connectivity index (χ4v) is 4.28. The van der Waals surface area contributed by atoms with Crippen LogP contribution in [0.5, 0.6) is 0 Å². The van der Waals surface area contributed by atoms with Gasteiger partial charge in [-0.2, -0.15) is 0 Å². The molecule has 0 unspecified atom stereocenters. The Bertz CT molecular complexity index is 1010. The van der Waals surface area contributed by atoms with Gasteiger partial charge in [-0.3, -0.25) is 19.8 Å². The minimum Gasteiger partial charge on any atom is -0.441 e. The molecule has 3 heterocycles. The summed E-state index contributed by atoms with van der Waals surface area (Å²) in [6.07, 6.45) is 6.24. The van der Waals surface area contributed by atoms with Gasteiger partial charge in [-0.05, 0) is 74.3 Å². The zero-order valence-electron chi connectivity index (χ0n) is 17.2. The molecule has 0 radical (unpaired) electrons. The number of carbonyl (C=O) groups is 2. The second kappa shape index (κ2) is 8.44. The van der Waals surface area contributed by atoms with Crippen LogP contribution in [0.2, 0.25) is 0 Å². The first-order valence-corrected chi connectivity index (χ1v) is 10.7. The van der Waals surface area contributed by atoms with Crippen LogP contribution in [0.1, 0.15) is 42.6 Å². The average molecular weight is 424 g/mol. The van der Waals surface area contributed by atoms with Crippen molar-refractivity contribution in [2.24, 2.45) is 0 Å². The van der Waals surface area contributed by atoms with Gasteiger partial charge in [0.25, 0.3) is 11.8 Å². The number of thiocarbonyl (C=S) groups is 1. The largest absolute Gasteiger partial charge is 0.441 e. The van der Waals surface area contributed by atoms with Gasteiger partial charge in [0.15, 0.2) is 11.0 Å². The van der Waals surface area contributed by atoms with Gasteiger partial charge >= 0.3 is 0 Å². The van der Waals surface area contributed by atoms with Crippen molar-refractivity contribution < 1.29 is 14.0 Å². The molecule has 0 bridgehead atoms. The van der Waals surface area contributed by atoms with Crippen LogP contribution in [0.15, 0.2) is 40.3 Å². The monoisotopic (exact) mass is 423 g/mol. The number of carbonyl (C=O) groups excluding carboxylic acids is 2. The summed E-state index contributed by atoms with van der Waals surface area (Å²) in [4.78, 5) is 29.3. The first-order valence-electron chi connectivity index (χ1n) is 10.3. The third-order valence-corrected chi connectivity index (χ3v) is 5.67. The SMILES string of the molecule is Cc1cc(C)cc(N2C(=O)C(=Cc3ccc(N4CCCCCC4)o3)C(=O)NC2=S)c1. The standard InChI is InChI=1S/C23H25N3O3S/c1-15-11-16(2)13-17(12-15)26-22(28)19(21(27)24-23(26)30)14-18-7-8-20(29-18)25-9-5-3-4-6-10-25/h7-8,11-14H,3-6,9-10H2,1-2H3,(H,24,27,30). The Morgan fingerprint density at radius 1 is 1.00 bits per heavy atom. The number of rotatable bonds is 3. The molecule has 2 aliphatic heterocycles. The van der Waals surface area contributed by atoms with E-state index in [1.165, 1.54) is 23.8 Å². The van der Waals surface area contributed by atoms with Gasteiger partial charge in [0.05, 0.1) is 5.69 Å². The van der Waals surface area contributed by atoms with Crippen LogP contribution in [0.4, 0.5) is 11.6 Å². The van der Waals surface area contributed by atoms with Crippen molar-refractivity contribution >= 4 is 46.8 Å². The molecule has 2 fully saturated rings. The van der Waals surface area contributed by atoms with Crippen molar-refractivity contribution in [2.45, 2.75) is 39.5 Å². The van der Waals surface area contributed by atoms with E-state index in [0.717, 1.165) is 42.9 Å². The van der Waals surface area contributed by atoms with Crippen molar-refractivity contribution in [1.29, 1.82) is 0 Å². The summed E-state index contributed by atoms with van der Waals surface area (Å²) in [5.41, 5.74) is 2.66. The second-order valence-corrected chi connectivity index (χ2v) is 8.27. The van der Waals surface area contributed by atoms with E-state index in [2.05, 4.69) is 10.2 Å². The highest BCUT2D eigenvalue weighted by Crippen LogP contribution is 2.27. The van der Waals surface area contributed by atoms with Crippen LogP contribution in [0, 0.1) is 13.8 Å². The van der Waals surface area contributed by atoms with E-state index in [9.17, 15) is 9.59 Å². The van der Waals surface area contributed by atoms with Crippen LogP contribution >= 0.6 is 12.2 Å². The second-order valence-electron chi connectivity index (χ2n) is 7.88. The quantitative estimate of drug-likeness (QED) is 0.457. The van der Waals surface area contributed by atoms with Crippen LogP contribution in [-0.4, -0.2) is 30.0 Å². The maximum Gasteiger partial charge on any atom is 0.270 e. The number of nitrogens with one attached hydrogen (secondary N) is 1. The number of furan rings is 1. The summed E-state index contributed by atoms with van der Waals surface area (Å²) >= 11 is 5.29. The van der Waals surface area contributed by atoms with Gasteiger partial charge in [0.2, 0.25) is 0 Å². The molecule has 7 heteroatoms. The Morgan fingerprint density at radius 3 is 2.33 bits per heavy atom. The highest BCUT2D eigenvalue weighted by atomic mass is 32.1. The van der Waals surface area contributed by atoms with E-state index in [1.54, 1.807) is 6.07 Å². The molecular weight excluding hydrogens is 398 g/mol. The fourth-order valence-electron chi connectivity index (χ4n) is 3.99. The average Bonchev–Trinajstić information content (AvgIpc) is 2.97. The molecule has 2 amide bonds. The van der Waals surface area contributed by atoms with E-state index in [4.69, 9.17) is 16.6 Å². The third-order valence-electron chi connectivity index (χ3n) is 5.38. The zero-order valence-corrected chi connectivity index (χ0v) is 18.1. The number of anilines is 2. The van der Waals surface area contributed by atoms with Crippen LogP contribution in [0.25, 0.3) is 6.08 Å². The van der Waals surface area contributed by atoms with Crippen molar-refractivity contribution in [3.05, 3.63) is 52.8 Å². The van der Waals surface area contributed by atoms with Crippen molar-refractivity contribution in [2.75, 3.05) is 22.9 Å². The van der Waals surface area contributed by atoms with Gasteiger partial charge in [-0.1, -0.05) is 18.9 Å². The zero-order chi connectivity index (χ0) is 21.3. The molecule has 1 aromatic heterocycles. The van der Waals surface area contributed by atoms with Gasteiger partial charge in [0, 0.05) is 19.2 Å². The minimum atomic E-state index is -0.515. The molecular formula is C23H25N3O3S. The van der Waals surface area contributed by atoms with E-state index in [1.807, 2.05) is 38.1 Å². The van der Waals surface area contributed by atoms with E-state index < -0.39 is 11.8 Å². The molecule has 4 rings (SSSR count). The first-order chi connectivity index (χ1) is 14.4. The number of hydrogen-bond donors (Lipinski definition) is 1. The van der Waals surface area contributed by atoms with Crippen LogP contribution in [-0.2, 0) is 9.59 Å². The normalized spacial score (nSPS) is 19.3. The Kier molecular flexibility index (Phi) is 5.72. The highest BCUT2D eigenvalue weighted by molar-refractivity contribution is 7.80. The van der Waals surface area contributed by atoms with E-state index in [-0.39, 0.29) is 10.7 Å². The summed E-state index contributed by atoms with van der Waals surface area (Å²) in [7, 11) is 0. The minimum absolute atomic E-state index is 0.000439.